The van der Waals surface area contributed by atoms with E-state index in [4.69, 9.17) is 0 Å². The van der Waals surface area contributed by atoms with Gasteiger partial charge in [0.2, 0.25) is 0 Å². The molecule has 2 aliphatic heterocycles. The molecule has 0 unspecified atom stereocenters. The van der Waals surface area contributed by atoms with Gasteiger partial charge in [-0.1, -0.05) is 6.07 Å². The average molecular weight is 416 g/mol. The molecule has 1 aromatic carbocycles. The SMILES string of the molecule is CN(C)C(=O)NN1CCC(CCN2CCN(c3cccc4sccc34)CC2)CC1. The van der Waals surface area contributed by atoms with Gasteiger partial charge in [0, 0.05) is 69.1 Å². The first kappa shape index (κ1) is 20.4. The fraction of sp³-hybridized carbons (Fsp3) is 0.591. The van der Waals surface area contributed by atoms with E-state index in [-0.39, 0.29) is 6.03 Å². The molecule has 2 aromatic rings. The number of hydrazine groups is 1. The Labute approximate surface area is 178 Å². The van der Waals surface area contributed by atoms with Crippen LogP contribution in [0.25, 0.3) is 10.1 Å². The number of rotatable bonds is 5. The van der Waals surface area contributed by atoms with Crippen LogP contribution >= 0.6 is 11.3 Å². The van der Waals surface area contributed by atoms with Crippen LogP contribution in [0.1, 0.15) is 19.3 Å². The molecule has 29 heavy (non-hydrogen) atoms. The number of nitrogens with zero attached hydrogens (tertiary/aromatic N) is 4. The number of nitrogens with one attached hydrogen (secondary N) is 1. The van der Waals surface area contributed by atoms with Gasteiger partial charge in [-0.2, -0.15) is 0 Å². The van der Waals surface area contributed by atoms with E-state index in [9.17, 15) is 4.79 Å². The number of amides is 2. The van der Waals surface area contributed by atoms with E-state index in [1.54, 1.807) is 19.0 Å². The maximum Gasteiger partial charge on any atom is 0.331 e. The summed E-state index contributed by atoms with van der Waals surface area (Å²) >= 11 is 1.83. The van der Waals surface area contributed by atoms with E-state index in [2.05, 4.69) is 49.9 Å². The number of piperazine rings is 1. The number of carbonyl (C=O) groups excluding carboxylic acids is 1. The first-order valence-electron chi connectivity index (χ1n) is 10.8. The minimum atomic E-state index is -0.0283. The molecule has 1 N–H and O–H groups in total. The summed E-state index contributed by atoms with van der Waals surface area (Å²) in [6, 6.07) is 8.91. The fourth-order valence-corrected chi connectivity index (χ4v) is 5.21. The number of piperidine rings is 1. The van der Waals surface area contributed by atoms with Crippen molar-refractivity contribution in [2.75, 3.05) is 64.8 Å². The number of carbonyl (C=O) groups is 1. The van der Waals surface area contributed by atoms with Gasteiger partial charge in [-0.05, 0) is 55.3 Å². The predicted octanol–water partition coefficient (Wildman–Crippen LogP) is 3.31. The molecule has 2 aliphatic rings. The predicted molar refractivity (Wildman–Crippen MR) is 122 cm³/mol. The number of thiophene rings is 1. The second kappa shape index (κ2) is 9.32. The van der Waals surface area contributed by atoms with Crippen LogP contribution in [0.3, 0.4) is 0 Å². The van der Waals surface area contributed by atoms with Gasteiger partial charge >= 0.3 is 6.03 Å². The Morgan fingerprint density at radius 2 is 1.86 bits per heavy atom. The summed E-state index contributed by atoms with van der Waals surface area (Å²) in [5.41, 5.74) is 4.38. The van der Waals surface area contributed by atoms with E-state index in [0.717, 1.165) is 45.2 Å². The first-order valence-corrected chi connectivity index (χ1v) is 11.6. The second-order valence-electron chi connectivity index (χ2n) is 8.47. The highest BCUT2D eigenvalue weighted by molar-refractivity contribution is 7.17. The monoisotopic (exact) mass is 415 g/mol. The molecular formula is C22H33N5OS. The van der Waals surface area contributed by atoms with Gasteiger partial charge in [-0.3, -0.25) is 10.3 Å². The van der Waals surface area contributed by atoms with Crippen LogP contribution in [0.5, 0.6) is 0 Å². The maximum absolute atomic E-state index is 11.8. The number of hydrogen-bond acceptors (Lipinski definition) is 5. The normalized spacial score (nSPS) is 19.6. The Morgan fingerprint density at radius 1 is 1.10 bits per heavy atom. The van der Waals surface area contributed by atoms with Crippen LogP contribution in [0.4, 0.5) is 10.5 Å². The molecule has 6 nitrogen and oxygen atoms in total. The number of benzene rings is 1. The van der Waals surface area contributed by atoms with Crippen LogP contribution < -0.4 is 10.3 Å². The summed E-state index contributed by atoms with van der Waals surface area (Å²) in [6.45, 7) is 7.65. The quantitative estimate of drug-likeness (QED) is 0.814. The highest BCUT2D eigenvalue weighted by atomic mass is 32.1. The first-order chi connectivity index (χ1) is 14.1. The highest BCUT2D eigenvalue weighted by Crippen LogP contribution is 2.31. The third-order valence-corrected chi connectivity index (χ3v) is 7.20. The van der Waals surface area contributed by atoms with Crippen molar-refractivity contribution in [1.82, 2.24) is 20.2 Å². The van der Waals surface area contributed by atoms with E-state index in [1.165, 1.54) is 41.6 Å². The number of anilines is 1. The lowest BCUT2D eigenvalue weighted by Crippen LogP contribution is -2.50. The van der Waals surface area contributed by atoms with Crippen LogP contribution in [-0.4, -0.2) is 80.7 Å². The highest BCUT2D eigenvalue weighted by Gasteiger charge is 2.23. The lowest BCUT2D eigenvalue weighted by atomic mass is 9.94. The molecule has 2 saturated heterocycles. The molecule has 0 atom stereocenters. The topological polar surface area (TPSA) is 42.1 Å². The van der Waals surface area contributed by atoms with Crippen molar-refractivity contribution in [1.29, 1.82) is 0 Å². The minimum absolute atomic E-state index is 0.0283. The molecule has 2 amide bonds. The molecular weight excluding hydrogens is 382 g/mol. The molecule has 158 valence electrons. The maximum atomic E-state index is 11.8. The zero-order chi connectivity index (χ0) is 20.2. The molecule has 0 saturated carbocycles. The van der Waals surface area contributed by atoms with Crippen molar-refractivity contribution >= 4 is 33.1 Å². The Balaban J connectivity index is 1.18. The van der Waals surface area contributed by atoms with Gasteiger partial charge in [0.25, 0.3) is 0 Å². The van der Waals surface area contributed by atoms with Crippen LogP contribution in [-0.2, 0) is 0 Å². The Morgan fingerprint density at radius 3 is 2.59 bits per heavy atom. The lowest BCUT2D eigenvalue weighted by molar-refractivity contribution is 0.112. The summed E-state index contributed by atoms with van der Waals surface area (Å²) in [7, 11) is 3.56. The molecule has 0 radical (unpaired) electrons. The third kappa shape index (κ3) is 5.02. The second-order valence-corrected chi connectivity index (χ2v) is 9.42. The summed E-state index contributed by atoms with van der Waals surface area (Å²) in [5.74, 6) is 0.778. The van der Waals surface area contributed by atoms with Gasteiger partial charge in [0.15, 0.2) is 0 Å². The molecule has 4 rings (SSSR count). The van der Waals surface area contributed by atoms with Crippen molar-refractivity contribution < 1.29 is 4.79 Å². The zero-order valence-corrected chi connectivity index (χ0v) is 18.5. The third-order valence-electron chi connectivity index (χ3n) is 6.31. The number of urea groups is 1. The Bertz CT molecular complexity index is 806. The van der Waals surface area contributed by atoms with E-state index in [1.807, 2.05) is 11.3 Å². The average Bonchev–Trinajstić information content (AvgIpc) is 3.22. The smallest absolute Gasteiger partial charge is 0.331 e. The van der Waals surface area contributed by atoms with Gasteiger partial charge < -0.3 is 9.80 Å². The Kier molecular flexibility index (Phi) is 6.57. The number of hydrogen-bond donors (Lipinski definition) is 1. The molecule has 7 heteroatoms. The summed E-state index contributed by atoms with van der Waals surface area (Å²) in [5, 5.41) is 5.67. The van der Waals surface area contributed by atoms with Gasteiger partial charge in [-0.25, -0.2) is 9.80 Å². The van der Waals surface area contributed by atoms with E-state index in [0.29, 0.717) is 0 Å². The molecule has 1 aromatic heterocycles. The Hall–Kier alpha value is -1.83. The minimum Gasteiger partial charge on any atom is -0.368 e. The molecule has 0 bridgehead atoms. The molecule has 0 aliphatic carbocycles. The van der Waals surface area contributed by atoms with Crippen LogP contribution in [0.15, 0.2) is 29.6 Å². The number of fused-ring (bicyclic) bond motifs is 1. The van der Waals surface area contributed by atoms with Crippen molar-refractivity contribution in [3.05, 3.63) is 29.6 Å². The standard InChI is InChI=1S/C22H33N5OS/c1-24(2)22(28)23-27-11-7-18(8-12-27)6-10-25-13-15-26(16-14-25)20-4-3-5-21-19(20)9-17-29-21/h3-5,9,17-18H,6-8,10-16H2,1-2H3,(H,23,28). The van der Waals surface area contributed by atoms with Gasteiger partial charge in [0.05, 0.1) is 0 Å². The fourth-order valence-electron chi connectivity index (χ4n) is 4.40. The van der Waals surface area contributed by atoms with Crippen molar-refractivity contribution in [2.45, 2.75) is 19.3 Å². The van der Waals surface area contributed by atoms with E-state index < -0.39 is 0 Å². The summed E-state index contributed by atoms with van der Waals surface area (Å²) in [6.07, 6.45) is 3.62. The van der Waals surface area contributed by atoms with Crippen molar-refractivity contribution in [2.24, 2.45) is 5.92 Å². The molecule has 2 fully saturated rings. The summed E-state index contributed by atoms with van der Waals surface area (Å²) in [4.78, 5) is 18.5. The van der Waals surface area contributed by atoms with Crippen molar-refractivity contribution in [3.8, 4) is 0 Å². The van der Waals surface area contributed by atoms with E-state index >= 15 is 0 Å². The van der Waals surface area contributed by atoms with Crippen LogP contribution in [0, 0.1) is 5.92 Å². The largest absolute Gasteiger partial charge is 0.368 e. The van der Waals surface area contributed by atoms with Gasteiger partial charge in [-0.15, -0.1) is 11.3 Å². The zero-order valence-electron chi connectivity index (χ0n) is 17.6. The lowest BCUT2D eigenvalue weighted by Gasteiger charge is -2.38. The van der Waals surface area contributed by atoms with Crippen molar-refractivity contribution in [3.63, 3.8) is 0 Å². The van der Waals surface area contributed by atoms with Gasteiger partial charge in [0.1, 0.15) is 0 Å². The van der Waals surface area contributed by atoms with Crippen LogP contribution in [0.2, 0.25) is 0 Å². The molecule has 3 heterocycles. The molecule has 0 spiro atoms. The summed E-state index contributed by atoms with van der Waals surface area (Å²) < 4.78 is 1.39.